The SMILES string of the molecule is CC1C(CN2CCC3(CC2)OCCO3)OC(c2ccc(NC(=O)Nc3ccc(Oc4ccccc4)cc3)cc2)OC1c1ccc(CO)cc1. The van der Waals surface area contributed by atoms with E-state index in [2.05, 4.69) is 22.5 Å². The van der Waals surface area contributed by atoms with Crippen molar-refractivity contribution in [3.63, 3.8) is 0 Å². The molecule has 10 nitrogen and oxygen atoms in total. The molecule has 0 aromatic heterocycles. The molecule has 2 amide bonds. The van der Waals surface area contributed by atoms with Crippen molar-refractivity contribution >= 4 is 17.4 Å². The van der Waals surface area contributed by atoms with Gasteiger partial charge in [0, 0.05) is 55.3 Å². The molecule has 256 valence electrons. The van der Waals surface area contributed by atoms with Crippen LogP contribution in [0.15, 0.2) is 103 Å². The first-order chi connectivity index (χ1) is 23.9. The Hall–Kier alpha value is -4.29. The third-order valence-electron chi connectivity index (χ3n) is 9.52. The Morgan fingerprint density at radius 3 is 2.02 bits per heavy atom. The van der Waals surface area contributed by atoms with E-state index in [4.69, 9.17) is 23.7 Å². The molecule has 4 aromatic rings. The molecule has 3 aliphatic heterocycles. The lowest BCUT2D eigenvalue weighted by Crippen LogP contribution is -2.50. The van der Waals surface area contributed by atoms with Crippen molar-refractivity contribution in [2.75, 3.05) is 43.5 Å². The number of carbonyl (C=O) groups excluding carboxylic acids is 1. The largest absolute Gasteiger partial charge is 0.457 e. The molecule has 4 unspecified atom stereocenters. The second-order valence-electron chi connectivity index (χ2n) is 12.9. The molecule has 3 fully saturated rings. The number of ether oxygens (including phenoxy) is 5. The number of benzene rings is 4. The molecule has 4 atom stereocenters. The van der Waals surface area contributed by atoms with Crippen molar-refractivity contribution < 1.29 is 33.6 Å². The molecule has 0 radical (unpaired) electrons. The molecule has 3 aliphatic rings. The molecule has 49 heavy (non-hydrogen) atoms. The van der Waals surface area contributed by atoms with Crippen LogP contribution in [-0.4, -0.2) is 60.8 Å². The number of urea groups is 1. The number of carbonyl (C=O) groups is 1. The summed E-state index contributed by atoms with van der Waals surface area (Å²) in [7, 11) is 0. The van der Waals surface area contributed by atoms with Crippen molar-refractivity contribution in [2.24, 2.45) is 5.92 Å². The molecule has 0 saturated carbocycles. The third kappa shape index (κ3) is 8.13. The Bertz CT molecular complexity index is 1650. The smallest absolute Gasteiger partial charge is 0.323 e. The number of nitrogens with zero attached hydrogens (tertiary/aromatic N) is 1. The van der Waals surface area contributed by atoms with Gasteiger partial charge in [0.25, 0.3) is 0 Å². The maximum Gasteiger partial charge on any atom is 0.323 e. The maximum atomic E-state index is 12.8. The summed E-state index contributed by atoms with van der Waals surface area (Å²) in [6.07, 6.45) is 0.795. The highest BCUT2D eigenvalue weighted by Gasteiger charge is 2.43. The van der Waals surface area contributed by atoms with E-state index in [0.29, 0.717) is 30.3 Å². The molecule has 7 rings (SSSR count). The number of piperidine rings is 1. The van der Waals surface area contributed by atoms with Crippen LogP contribution in [0.4, 0.5) is 16.2 Å². The summed E-state index contributed by atoms with van der Waals surface area (Å²) in [4.78, 5) is 15.2. The molecule has 0 aliphatic carbocycles. The van der Waals surface area contributed by atoms with E-state index < -0.39 is 12.1 Å². The second-order valence-corrected chi connectivity index (χ2v) is 12.9. The molecule has 0 bridgehead atoms. The highest BCUT2D eigenvalue weighted by Crippen LogP contribution is 2.42. The number of rotatable bonds is 9. The molecular weight excluding hydrogens is 622 g/mol. The van der Waals surface area contributed by atoms with Gasteiger partial charge in [-0.25, -0.2) is 4.79 Å². The number of aliphatic hydroxyl groups is 1. The second kappa shape index (κ2) is 15.1. The normalized spacial score (nSPS) is 23.6. The lowest BCUT2D eigenvalue weighted by atomic mass is 9.89. The number of hydrogen-bond acceptors (Lipinski definition) is 8. The highest BCUT2D eigenvalue weighted by molar-refractivity contribution is 5.99. The van der Waals surface area contributed by atoms with Gasteiger partial charge in [-0.15, -0.1) is 0 Å². The zero-order valence-corrected chi connectivity index (χ0v) is 27.6. The Balaban J connectivity index is 0.993. The summed E-state index contributed by atoms with van der Waals surface area (Å²) >= 11 is 0. The Morgan fingerprint density at radius 2 is 1.39 bits per heavy atom. The van der Waals surface area contributed by atoms with Crippen molar-refractivity contribution in [1.82, 2.24) is 4.90 Å². The minimum absolute atomic E-state index is 0.00595. The average molecular weight is 666 g/mol. The summed E-state index contributed by atoms with van der Waals surface area (Å²) in [6, 6.07) is 31.9. The van der Waals surface area contributed by atoms with E-state index in [1.54, 1.807) is 12.1 Å². The summed E-state index contributed by atoms with van der Waals surface area (Å²) in [5.41, 5.74) is 4.04. The van der Waals surface area contributed by atoms with Gasteiger partial charge in [0.15, 0.2) is 12.1 Å². The topological polar surface area (TPSA) is 111 Å². The van der Waals surface area contributed by atoms with Gasteiger partial charge in [0.2, 0.25) is 0 Å². The standard InChI is InChI=1S/C39H43N3O7/c1-27-35(25-42-21-19-39(20-22-42)45-23-24-46-39)48-37(49-36(27)29-9-7-28(26-43)8-10-29)30-11-13-31(14-12-30)40-38(44)41-32-15-17-34(18-16-32)47-33-5-3-2-4-6-33/h2-18,27,35-37,43H,19-26H2,1H3,(H2,40,41,44). The van der Waals surface area contributed by atoms with Gasteiger partial charge >= 0.3 is 6.03 Å². The fraction of sp³-hybridized carbons (Fsp3) is 0.359. The van der Waals surface area contributed by atoms with Crippen molar-refractivity contribution in [1.29, 1.82) is 0 Å². The van der Waals surface area contributed by atoms with Gasteiger partial charge in [-0.2, -0.15) is 0 Å². The molecule has 3 saturated heterocycles. The van der Waals surface area contributed by atoms with Gasteiger partial charge in [-0.05, 0) is 59.7 Å². The quantitative estimate of drug-likeness (QED) is 0.172. The molecular formula is C39H43N3O7. The van der Waals surface area contributed by atoms with Crippen molar-refractivity contribution in [3.05, 3.63) is 120 Å². The molecule has 4 aromatic carbocycles. The zero-order valence-electron chi connectivity index (χ0n) is 27.6. The van der Waals surface area contributed by atoms with Crippen LogP contribution in [0.5, 0.6) is 11.5 Å². The summed E-state index contributed by atoms with van der Waals surface area (Å²) in [6.45, 7) is 6.02. The van der Waals surface area contributed by atoms with Crippen LogP contribution < -0.4 is 15.4 Å². The fourth-order valence-electron chi connectivity index (χ4n) is 6.69. The number of para-hydroxylation sites is 1. The van der Waals surface area contributed by atoms with E-state index in [-0.39, 0.29) is 30.8 Å². The molecule has 1 spiro atoms. The van der Waals surface area contributed by atoms with Crippen LogP contribution in [0.25, 0.3) is 0 Å². The highest BCUT2D eigenvalue weighted by atomic mass is 16.7. The van der Waals surface area contributed by atoms with E-state index in [1.165, 1.54) is 0 Å². The first-order valence-electron chi connectivity index (χ1n) is 17.0. The zero-order chi connectivity index (χ0) is 33.6. The van der Waals surface area contributed by atoms with Crippen LogP contribution in [0.1, 0.15) is 48.8 Å². The monoisotopic (exact) mass is 665 g/mol. The number of likely N-dealkylation sites (tertiary alicyclic amines) is 1. The minimum atomic E-state index is -0.596. The molecule has 3 N–H and O–H groups in total. The lowest BCUT2D eigenvalue weighted by molar-refractivity contribution is -0.278. The Labute approximate surface area is 286 Å². The van der Waals surface area contributed by atoms with Gasteiger partial charge in [-0.3, -0.25) is 0 Å². The number of nitrogens with one attached hydrogen (secondary N) is 2. The summed E-state index contributed by atoms with van der Waals surface area (Å²) in [5, 5.41) is 15.3. The predicted molar refractivity (Wildman–Crippen MR) is 185 cm³/mol. The number of aliphatic hydroxyl groups excluding tert-OH is 1. The lowest BCUT2D eigenvalue weighted by Gasteiger charge is -2.44. The number of hydrogen-bond donors (Lipinski definition) is 3. The van der Waals surface area contributed by atoms with Crippen LogP contribution in [0.3, 0.4) is 0 Å². The first kappa shape index (κ1) is 33.2. The Kier molecular flexibility index (Phi) is 10.2. The average Bonchev–Trinajstić information content (AvgIpc) is 3.59. The fourth-order valence-corrected chi connectivity index (χ4v) is 6.69. The van der Waals surface area contributed by atoms with E-state index in [9.17, 15) is 9.90 Å². The van der Waals surface area contributed by atoms with Crippen LogP contribution >= 0.6 is 0 Å². The third-order valence-corrected chi connectivity index (χ3v) is 9.52. The summed E-state index contributed by atoms with van der Waals surface area (Å²) < 4.78 is 31.0. The molecule has 3 heterocycles. The molecule has 10 heteroatoms. The Morgan fingerprint density at radius 1 is 0.796 bits per heavy atom. The van der Waals surface area contributed by atoms with Crippen molar-refractivity contribution in [3.8, 4) is 11.5 Å². The van der Waals surface area contributed by atoms with E-state index in [0.717, 1.165) is 54.9 Å². The van der Waals surface area contributed by atoms with Crippen LogP contribution in [0, 0.1) is 5.92 Å². The number of anilines is 2. The summed E-state index contributed by atoms with van der Waals surface area (Å²) in [5.74, 6) is 1.08. The predicted octanol–water partition coefficient (Wildman–Crippen LogP) is 7.25. The maximum absolute atomic E-state index is 12.8. The minimum Gasteiger partial charge on any atom is -0.457 e. The van der Waals surface area contributed by atoms with Crippen molar-refractivity contribution in [2.45, 2.75) is 50.7 Å². The van der Waals surface area contributed by atoms with Gasteiger partial charge in [0.05, 0.1) is 32.0 Å². The first-order valence-corrected chi connectivity index (χ1v) is 17.0. The number of amides is 2. The van der Waals surface area contributed by atoms with E-state index >= 15 is 0 Å². The van der Waals surface area contributed by atoms with Gasteiger partial charge < -0.3 is 44.3 Å². The van der Waals surface area contributed by atoms with Gasteiger partial charge in [0.1, 0.15) is 11.5 Å². The van der Waals surface area contributed by atoms with Crippen LogP contribution in [0.2, 0.25) is 0 Å². The van der Waals surface area contributed by atoms with E-state index in [1.807, 2.05) is 91.0 Å². The van der Waals surface area contributed by atoms with Gasteiger partial charge in [-0.1, -0.05) is 61.5 Å². The van der Waals surface area contributed by atoms with Crippen LogP contribution in [-0.2, 0) is 25.6 Å².